The summed E-state index contributed by atoms with van der Waals surface area (Å²) in [4.78, 5) is 21.6. The minimum Gasteiger partial charge on any atom is -0.493 e. The van der Waals surface area contributed by atoms with E-state index in [1.807, 2.05) is 25.1 Å². The predicted molar refractivity (Wildman–Crippen MR) is 113 cm³/mol. The maximum atomic E-state index is 12.7. The summed E-state index contributed by atoms with van der Waals surface area (Å²) in [6, 6.07) is 7.66. The number of amides is 1. The molecule has 29 heavy (non-hydrogen) atoms. The van der Waals surface area contributed by atoms with Crippen LogP contribution in [-0.2, 0) is 6.54 Å². The van der Waals surface area contributed by atoms with Crippen LogP contribution < -0.4 is 20.1 Å². The average Bonchev–Trinajstić information content (AvgIpc) is 3.00. The van der Waals surface area contributed by atoms with Crippen LogP contribution in [0, 0.1) is 6.92 Å². The lowest BCUT2D eigenvalue weighted by atomic mass is 10.1. The lowest BCUT2D eigenvalue weighted by Gasteiger charge is -2.17. The van der Waals surface area contributed by atoms with Crippen molar-refractivity contribution in [3.63, 3.8) is 0 Å². The van der Waals surface area contributed by atoms with Crippen molar-refractivity contribution >= 4 is 11.9 Å². The molecule has 2 N–H and O–H groups in total. The number of methoxy groups -OCH3 is 2. The molecule has 1 aromatic heterocycles. The number of carbonyl (C=O) groups excluding carboxylic acids is 1. The molecule has 0 saturated heterocycles. The second-order valence-corrected chi connectivity index (χ2v) is 7.42. The van der Waals surface area contributed by atoms with E-state index in [0.29, 0.717) is 35.7 Å². The van der Waals surface area contributed by atoms with Crippen molar-refractivity contribution in [2.45, 2.75) is 58.0 Å². The van der Waals surface area contributed by atoms with Crippen molar-refractivity contribution in [2.75, 3.05) is 19.5 Å². The highest BCUT2D eigenvalue weighted by molar-refractivity contribution is 5.92. The fourth-order valence-electron chi connectivity index (χ4n) is 3.62. The van der Waals surface area contributed by atoms with Crippen LogP contribution in [-0.4, -0.2) is 36.1 Å². The number of aryl methyl sites for hydroxylation is 1. The lowest BCUT2D eigenvalue weighted by molar-refractivity contribution is 0.0945. The Morgan fingerprint density at radius 3 is 2.45 bits per heavy atom. The van der Waals surface area contributed by atoms with Gasteiger partial charge in [0, 0.05) is 18.3 Å². The average molecular weight is 399 g/mol. The second-order valence-electron chi connectivity index (χ2n) is 7.42. The monoisotopic (exact) mass is 398 g/mol. The van der Waals surface area contributed by atoms with Crippen LogP contribution in [0.2, 0.25) is 0 Å². The summed E-state index contributed by atoms with van der Waals surface area (Å²) in [5, 5.41) is 6.34. The van der Waals surface area contributed by atoms with Crippen molar-refractivity contribution < 1.29 is 14.3 Å². The number of hydrogen-bond acceptors (Lipinski definition) is 6. The van der Waals surface area contributed by atoms with Gasteiger partial charge in [-0.1, -0.05) is 31.7 Å². The third kappa shape index (κ3) is 5.82. The molecule has 0 bridgehead atoms. The van der Waals surface area contributed by atoms with Crippen LogP contribution in [0.15, 0.2) is 24.3 Å². The highest BCUT2D eigenvalue weighted by Crippen LogP contribution is 2.27. The van der Waals surface area contributed by atoms with E-state index >= 15 is 0 Å². The fraction of sp³-hybridized carbons (Fsp3) is 0.500. The number of hydrogen-bond donors (Lipinski definition) is 2. The van der Waals surface area contributed by atoms with Gasteiger partial charge in [-0.3, -0.25) is 4.79 Å². The normalized spacial score (nSPS) is 14.7. The Kier molecular flexibility index (Phi) is 7.27. The molecule has 1 amide bonds. The lowest BCUT2D eigenvalue weighted by Crippen LogP contribution is -2.26. The molecule has 0 aliphatic heterocycles. The molecule has 1 saturated carbocycles. The van der Waals surface area contributed by atoms with Gasteiger partial charge in [0.05, 0.1) is 14.2 Å². The number of benzene rings is 1. The van der Waals surface area contributed by atoms with E-state index in [4.69, 9.17) is 9.47 Å². The van der Waals surface area contributed by atoms with Gasteiger partial charge >= 0.3 is 0 Å². The van der Waals surface area contributed by atoms with Crippen LogP contribution in [0.1, 0.15) is 60.3 Å². The molecule has 0 unspecified atom stereocenters. The SMILES string of the molecule is COc1ccc(CNC(=O)c2cc(C)nc(NC3CCCCCC3)n2)cc1OC. The summed E-state index contributed by atoms with van der Waals surface area (Å²) >= 11 is 0. The molecule has 1 fully saturated rings. The molecule has 0 atom stereocenters. The van der Waals surface area contributed by atoms with E-state index < -0.39 is 0 Å². The molecule has 1 aliphatic carbocycles. The molecule has 156 valence electrons. The summed E-state index contributed by atoms with van der Waals surface area (Å²) in [5.74, 6) is 1.60. The van der Waals surface area contributed by atoms with E-state index in [-0.39, 0.29) is 5.91 Å². The largest absolute Gasteiger partial charge is 0.493 e. The molecular formula is C22H30N4O3. The molecule has 0 radical (unpaired) electrons. The summed E-state index contributed by atoms with van der Waals surface area (Å²) in [7, 11) is 3.18. The second kappa shape index (κ2) is 10.1. The zero-order valence-corrected chi connectivity index (χ0v) is 17.5. The van der Waals surface area contributed by atoms with Crippen LogP contribution in [0.25, 0.3) is 0 Å². The smallest absolute Gasteiger partial charge is 0.270 e. The molecule has 7 heteroatoms. The Hall–Kier alpha value is -2.83. The van der Waals surface area contributed by atoms with Gasteiger partial charge in [0.1, 0.15) is 5.69 Å². The zero-order chi connectivity index (χ0) is 20.6. The molecule has 1 aliphatic rings. The van der Waals surface area contributed by atoms with E-state index in [0.717, 1.165) is 24.1 Å². The molecule has 7 nitrogen and oxygen atoms in total. The quantitative estimate of drug-likeness (QED) is 0.689. The highest BCUT2D eigenvalue weighted by Gasteiger charge is 2.16. The molecule has 1 heterocycles. The molecule has 0 spiro atoms. The first-order chi connectivity index (χ1) is 14.1. The van der Waals surface area contributed by atoms with Crippen molar-refractivity contribution in [3.05, 3.63) is 41.2 Å². The number of nitrogens with one attached hydrogen (secondary N) is 2. The van der Waals surface area contributed by atoms with Gasteiger partial charge in [0.2, 0.25) is 5.95 Å². The third-order valence-corrected chi connectivity index (χ3v) is 5.18. The van der Waals surface area contributed by atoms with Gasteiger partial charge < -0.3 is 20.1 Å². The van der Waals surface area contributed by atoms with E-state index in [1.54, 1.807) is 20.3 Å². The third-order valence-electron chi connectivity index (χ3n) is 5.18. The molecule has 2 aromatic rings. The predicted octanol–water partition coefficient (Wildman–Crippen LogP) is 3.87. The van der Waals surface area contributed by atoms with Crippen LogP contribution in [0.4, 0.5) is 5.95 Å². The number of nitrogens with zero attached hydrogens (tertiary/aromatic N) is 2. The van der Waals surface area contributed by atoms with Crippen LogP contribution in [0.3, 0.4) is 0 Å². The Morgan fingerprint density at radius 2 is 1.76 bits per heavy atom. The number of carbonyl (C=O) groups is 1. The van der Waals surface area contributed by atoms with Crippen molar-refractivity contribution in [3.8, 4) is 11.5 Å². The summed E-state index contributed by atoms with van der Waals surface area (Å²) in [5.41, 5.74) is 2.06. The standard InChI is InChI=1S/C22H30N4O3/c1-15-12-18(26-22(24-15)25-17-8-6-4-5-7-9-17)21(27)23-14-16-10-11-19(28-2)20(13-16)29-3/h10-13,17H,4-9,14H2,1-3H3,(H,23,27)(H,24,25,26). The van der Waals surface area contributed by atoms with E-state index in [9.17, 15) is 4.79 Å². The summed E-state index contributed by atoms with van der Waals surface area (Å²) < 4.78 is 10.6. The first kappa shape index (κ1) is 20.9. The van der Waals surface area contributed by atoms with Gasteiger partial charge in [-0.25, -0.2) is 9.97 Å². The molecule has 1 aromatic carbocycles. The van der Waals surface area contributed by atoms with Gasteiger partial charge in [-0.2, -0.15) is 0 Å². The zero-order valence-electron chi connectivity index (χ0n) is 17.5. The first-order valence-electron chi connectivity index (χ1n) is 10.2. The molecule has 3 rings (SSSR count). The highest BCUT2D eigenvalue weighted by atomic mass is 16.5. The number of rotatable bonds is 7. The van der Waals surface area contributed by atoms with Gasteiger partial charge in [-0.15, -0.1) is 0 Å². The Labute approximate surface area is 172 Å². The van der Waals surface area contributed by atoms with Gasteiger partial charge in [0.15, 0.2) is 11.5 Å². The van der Waals surface area contributed by atoms with Crippen LogP contribution in [0.5, 0.6) is 11.5 Å². The van der Waals surface area contributed by atoms with Gasteiger partial charge in [-0.05, 0) is 43.5 Å². The first-order valence-corrected chi connectivity index (χ1v) is 10.2. The Balaban J connectivity index is 1.65. The number of anilines is 1. The van der Waals surface area contributed by atoms with Gasteiger partial charge in [0.25, 0.3) is 5.91 Å². The van der Waals surface area contributed by atoms with Crippen molar-refractivity contribution in [2.24, 2.45) is 0 Å². The minimum atomic E-state index is -0.228. The number of ether oxygens (including phenoxy) is 2. The Morgan fingerprint density at radius 1 is 1.03 bits per heavy atom. The van der Waals surface area contributed by atoms with Crippen LogP contribution >= 0.6 is 0 Å². The Bertz CT molecular complexity index is 833. The fourth-order valence-corrected chi connectivity index (χ4v) is 3.62. The van der Waals surface area contributed by atoms with E-state index in [1.165, 1.54) is 25.7 Å². The maximum absolute atomic E-state index is 12.7. The number of aromatic nitrogens is 2. The maximum Gasteiger partial charge on any atom is 0.270 e. The summed E-state index contributed by atoms with van der Waals surface area (Å²) in [6.07, 6.45) is 7.27. The van der Waals surface area contributed by atoms with Crippen molar-refractivity contribution in [1.29, 1.82) is 0 Å². The summed E-state index contributed by atoms with van der Waals surface area (Å²) in [6.45, 7) is 2.25. The molecular weight excluding hydrogens is 368 g/mol. The van der Waals surface area contributed by atoms with Crippen molar-refractivity contribution in [1.82, 2.24) is 15.3 Å². The minimum absolute atomic E-state index is 0.228. The van der Waals surface area contributed by atoms with E-state index in [2.05, 4.69) is 20.6 Å². The topological polar surface area (TPSA) is 85.4 Å².